The van der Waals surface area contributed by atoms with Crippen molar-refractivity contribution in [2.45, 2.75) is 115 Å². The van der Waals surface area contributed by atoms with E-state index in [1.54, 1.807) is 63.5 Å². The predicted octanol–water partition coefficient (Wildman–Crippen LogP) is 7.77. The van der Waals surface area contributed by atoms with E-state index in [0.717, 1.165) is 22.8 Å². The van der Waals surface area contributed by atoms with Gasteiger partial charge >= 0.3 is 12.1 Å². The van der Waals surface area contributed by atoms with Gasteiger partial charge in [0, 0.05) is 36.4 Å². The van der Waals surface area contributed by atoms with E-state index in [-0.39, 0.29) is 43.3 Å². The maximum atomic E-state index is 13.6. The number of rotatable bonds is 19. The van der Waals surface area contributed by atoms with Crippen LogP contribution in [0.2, 0.25) is 0 Å². The first-order valence-corrected chi connectivity index (χ1v) is 20.4. The Bertz CT molecular complexity index is 1950. The fourth-order valence-corrected chi connectivity index (χ4v) is 7.48. The number of aliphatic hydroxyl groups excluding tert-OH is 3. The summed E-state index contributed by atoms with van der Waals surface area (Å²) in [6.45, 7) is 5.39. The van der Waals surface area contributed by atoms with E-state index in [4.69, 9.17) is 9.47 Å². The molecule has 1 saturated carbocycles. The second kappa shape index (κ2) is 21.6. The molecular weight excluding hydrogens is 735 g/mol. The number of unbranched alkanes of at least 4 members (excludes halogenated alkanes) is 1. The molecule has 4 aromatic rings. The van der Waals surface area contributed by atoms with Crippen molar-refractivity contribution in [3.8, 4) is 0 Å². The molecular formula is C47H59N3O8. The first kappa shape index (κ1) is 44.0. The minimum absolute atomic E-state index is 0.00447. The lowest BCUT2D eigenvalue weighted by molar-refractivity contribution is -0.145. The third-order valence-corrected chi connectivity index (χ3v) is 10.6. The number of nitrogens with zero attached hydrogens (tertiary/aromatic N) is 1. The number of amides is 2. The first-order chi connectivity index (χ1) is 27.8. The highest BCUT2D eigenvalue weighted by Crippen LogP contribution is 2.38. The van der Waals surface area contributed by atoms with Crippen molar-refractivity contribution in [1.82, 2.24) is 10.3 Å². The lowest BCUT2D eigenvalue weighted by atomic mass is 9.85. The highest BCUT2D eigenvalue weighted by molar-refractivity contribution is 5.98. The lowest BCUT2D eigenvalue weighted by Crippen LogP contribution is -2.37. The van der Waals surface area contributed by atoms with E-state index in [0.29, 0.717) is 56.2 Å². The number of fused-ring (bicyclic) bond motifs is 1. The Balaban J connectivity index is 1.05. The zero-order chi connectivity index (χ0) is 41.5. The molecule has 1 heterocycles. The molecule has 1 aliphatic carbocycles. The Morgan fingerprint density at radius 1 is 0.897 bits per heavy atom. The molecule has 0 aliphatic heterocycles. The molecule has 11 nitrogen and oxygen atoms in total. The summed E-state index contributed by atoms with van der Waals surface area (Å²) >= 11 is 0. The number of ether oxygens (including phenoxy) is 2. The van der Waals surface area contributed by atoms with Gasteiger partial charge in [0.25, 0.3) is 0 Å². The number of alkyl carbamates (subject to hydrolysis) is 1. The topological polar surface area (TPSA) is 167 Å². The van der Waals surface area contributed by atoms with Crippen molar-refractivity contribution in [2.75, 3.05) is 11.9 Å². The van der Waals surface area contributed by atoms with Crippen LogP contribution in [-0.4, -0.2) is 68.7 Å². The summed E-state index contributed by atoms with van der Waals surface area (Å²) < 4.78 is 10.9. The molecule has 2 amide bonds. The maximum Gasteiger partial charge on any atom is 0.407 e. The normalized spacial score (nSPS) is 19.1. The van der Waals surface area contributed by atoms with Gasteiger partial charge in [-0.15, -0.1) is 0 Å². The van der Waals surface area contributed by atoms with Crippen LogP contribution in [0.4, 0.5) is 10.5 Å². The Morgan fingerprint density at radius 3 is 2.41 bits per heavy atom. The minimum Gasteiger partial charge on any atom is -0.461 e. The highest BCUT2D eigenvalue weighted by atomic mass is 16.6. The van der Waals surface area contributed by atoms with Gasteiger partial charge in [-0.25, -0.2) is 4.79 Å². The number of aryl methyl sites for hydroxylation is 1. The maximum absolute atomic E-state index is 13.6. The standard InChI is InChI=1S/C47H59N3O8/c1-47(2,3)58-46(56)49-30-41(45(55)50-37-21-20-36-29-48-26-25-35(36)27-37)34-18-15-33(16-19-34)31-57-44(54)14-10-5-4-9-13-39-40(43(53)28-42(39)52)24-23-38(51)22-17-32-11-7-6-8-12-32/h4,6-9,11-12,15-16,18-21,25-27,29,38-43,51-53H,5,10,13-14,17,22-24,28,30-31H2,1-3H3,(H,49,56)(H,50,55)/t38-,39+,40+,41?,42+,43+/m0/s1. The number of pyridine rings is 1. The van der Waals surface area contributed by atoms with Gasteiger partial charge in [0.1, 0.15) is 12.2 Å². The van der Waals surface area contributed by atoms with Crippen LogP contribution in [0.1, 0.15) is 94.7 Å². The van der Waals surface area contributed by atoms with Crippen molar-refractivity contribution in [3.05, 3.63) is 120 Å². The number of carbonyl (C=O) groups is 3. The summed E-state index contributed by atoms with van der Waals surface area (Å²) in [7, 11) is 0. The molecule has 6 atom stereocenters. The molecule has 58 heavy (non-hydrogen) atoms. The Labute approximate surface area is 341 Å². The van der Waals surface area contributed by atoms with Gasteiger partial charge in [0.15, 0.2) is 0 Å². The van der Waals surface area contributed by atoms with Crippen LogP contribution < -0.4 is 10.6 Å². The third kappa shape index (κ3) is 14.1. The molecule has 1 fully saturated rings. The molecule has 1 aliphatic rings. The van der Waals surface area contributed by atoms with Gasteiger partial charge in [-0.05, 0) is 124 Å². The van der Waals surface area contributed by atoms with Crippen LogP contribution in [0.25, 0.3) is 10.8 Å². The van der Waals surface area contributed by atoms with Crippen LogP contribution in [0.3, 0.4) is 0 Å². The van der Waals surface area contributed by atoms with Gasteiger partial charge in [-0.2, -0.15) is 0 Å². The summed E-state index contributed by atoms with van der Waals surface area (Å²) in [4.78, 5) is 42.8. The molecule has 1 unspecified atom stereocenters. The Morgan fingerprint density at radius 2 is 1.66 bits per heavy atom. The molecule has 0 saturated heterocycles. The van der Waals surface area contributed by atoms with Gasteiger partial charge in [-0.3, -0.25) is 14.6 Å². The number of allylic oxidation sites excluding steroid dienone is 2. The minimum atomic E-state index is -0.735. The molecule has 5 N–H and O–H groups in total. The quantitative estimate of drug-likeness (QED) is 0.0362. The van der Waals surface area contributed by atoms with Crippen LogP contribution in [-0.2, 0) is 32.1 Å². The molecule has 310 valence electrons. The fraction of sp³-hybridized carbons (Fsp3) is 0.447. The largest absolute Gasteiger partial charge is 0.461 e. The van der Waals surface area contributed by atoms with Crippen molar-refractivity contribution in [3.63, 3.8) is 0 Å². The average molecular weight is 794 g/mol. The van der Waals surface area contributed by atoms with Crippen molar-refractivity contribution < 1.29 is 39.2 Å². The number of aromatic nitrogens is 1. The fourth-order valence-electron chi connectivity index (χ4n) is 7.48. The number of hydrogen-bond acceptors (Lipinski definition) is 9. The number of nitrogens with one attached hydrogen (secondary N) is 2. The molecule has 11 heteroatoms. The second-order valence-electron chi connectivity index (χ2n) is 16.3. The van der Waals surface area contributed by atoms with Crippen molar-refractivity contribution in [1.29, 1.82) is 0 Å². The lowest BCUT2D eigenvalue weighted by Gasteiger charge is -2.23. The number of carbonyl (C=O) groups excluding carboxylic acids is 3. The van der Waals surface area contributed by atoms with Crippen LogP contribution >= 0.6 is 0 Å². The number of benzene rings is 3. The van der Waals surface area contributed by atoms with E-state index in [1.807, 2.05) is 48.6 Å². The Hall–Kier alpha value is -5.10. The molecule has 0 bridgehead atoms. The summed E-state index contributed by atoms with van der Waals surface area (Å²) in [5.74, 6) is -1.50. The number of aliphatic hydroxyl groups is 3. The summed E-state index contributed by atoms with van der Waals surface area (Å²) in [5.41, 5.74) is 2.54. The molecule has 3 aromatic carbocycles. The number of anilines is 1. The molecule has 5 rings (SSSR count). The van der Waals surface area contributed by atoms with Crippen LogP contribution in [0.5, 0.6) is 0 Å². The van der Waals surface area contributed by atoms with Crippen molar-refractivity contribution >= 4 is 34.4 Å². The van der Waals surface area contributed by atoms with E-state index in [1.165, 1.54) is 5.56 Å². The van der Waals surface area contributed by atoms with Crippen LogP contribution in [0.15, 0.2) is 103 Å². The molecule has 0 spiro atoms. The highest BCUT2D eigenvalue weighted by Gasteiger charge is 2.40. The first-order valence-electron chi connectivity index (χ1n) is 20.4. The predicted molar refractivity (Wildman–Crippen MR) is 225 cm³/mol. The zero-order valence-electron chi connectivity index (χ0n) is 33.9. The van der Waals surface area contributed by atoms with Gasteiger partial charge in [0.05, 0.1) is 24.2 Å². The van der Waals surface area contributed by atoms with Gasteiger partial charge in [-0.1, -0.05) is 72.8 Å². The van der Waals surface area contributed by atoms with Crippen LogP contribution in [0, 0.1) is 11.8 Å². The van der Waals surface area contributed by atoms with Gasteiger partial charge in [0.2, 0.25) is 5.91 Å². The SMILES string of the molecule is CC(C)(C)OC(=O)NCC(C(=O)Nc1ccc2cnccc2c1)c1ccc(COC(=O)CCCC=CC[C@@H]2[C@@H](CC[C@@H](O)CCc3ccccc3)[C@H](O)C[C@H]2O)cc1. The molecule has 0 radical (unpaired) electrons. The Kier molecular flexibility index (Phi) is 16.4. The van der Waals surface area contributed by atoms with E-state index >= 15 is 0 Å². The third-order valence-electron chi connectivity index (χ3n) is 10.6. The zero-order valence-corrected chi connectivity index (χ0v) is 33.9. The monoisotopic (exact) mass is 793 g/mol. The summed E-state index contributed by atoms with van der Waals surface area (Å²) in [5, 5.41) is 39.4. The average Bonchev–Trinajstić information content (AvgIpc) is 3.47. The second-order valence-corrected chi connectivity index (χ2v) is 16.3. The van der Waals surface area contributed by atoms with Gasteiger partial charge < -0.3 is 35.4 Å². The number of hydrogen-bond donors (Lipinski definition) is 5. The van der Waals surface area contributed by atoms with E-state index in [9.17, 15) is 29.7 Å². The summed E-state index contributed by atoms with van der Waals surface area (Å²) in [6.07, 6.45) is 10.5. The van der Waals surface area contributed by atoms with E-state index < -0.39 is 35.9 Å². The summed E-state index contributed by atoms with van der Waals surface area (Å²) in [6, 6.07) is 24.7. The molecule has 1 aromatic heterocycles. The van der Waals surface area contributed by atoms with Crippen molar-refractivity contribution in [2.24, 2.45) is 11.8 Å². The number of esters is 1. The van der Waals surface area contributed by atoms with E-state index in [2.05, 4.69) is 27.8 Å². The smallest absolute Gasteiger partial charge is 0.407 e.